The van der Waals surface area contributed by atoms with E-state index in [1.54, 1.807) is 0 Å². The number of carbonyl (C=O) groups is 1. The molecule has 0 aromatic heterocycles. The van der Waals surface area contributed by atoms with E-state index in [0.717, 1.165) is 48.3 Å². The Kier molecular flexibility index (Phi) is 5.60. The molecule has 4 aliphatic rings. The van der Waals surface area contributed by atoms with Crippen molar-refractivity contribution in [3.05, 3.63) is 11.6 Å². The Morgan fingerprint density at radius 3 is 2.50 bits per heavy atom. The van der Waals surface area contributed by atoms with Gasteiger partial charge in [-0.25, -0.2) is 0 Å². The molecule has 3 fully saturated rings. The lowest BCUT2D eigenvalue weighted by atomic mass is 9.46. The minimum Gasteiger partial charge on any atom is -0.295 e. The molecule has 0 aromatic rings. The van der Waals surface area contributed by atoms with Crippen LogP contribution >= 0.6 is 0 Å². The van der Waals surface area contributed by atoms with Gasteiger partial charge in [0.2, 0.25) is 0 Å². The zero-order valence-electron chi connectivity index (χ0n) is 19.2. The van der Waals surface area contributed by atoms with Gasteiger partial charge in [0.05, 0.1) is 0 Å². The molecule has 1 heteroatoms. The van der Waals surface area contributed by atoms with Gasteiger partial charge >= 0.3 is 0 Å². The van der Waals surface area contributed by atoms with Gasteiger partial charge in [-0.3, -0.25) is 4.79 Å². The number of rotatable bonds is 5. The molecule has 0 N–H and O–H groups in total. The molecule has 0 amide bonds. The minimum absolute atomic E-state index is 0.332. The monoisotopic (exact) mass is 384 g/mol. The highest BCUT2D eigenvalue weighted by Gasteiger charge is 2.59. The van der Waals surface area contributed by atoms with Gasteiger partial charge in [-0.05, 0) is 97.4 Å². The van der Waals surface area contributed by atoms with Crippen LogP contribution in [0.25, 0.3) is 0 Å². The second-order valence-electron chi connectivity index (χ2n) is 12.0. The van der Waals surface area contributed by atoms with Crippen molar-refractivity contribution >= 4 is 5.78 Å². The van der Waals surface area contributed by atoms with Gasteiger partial charge < -0.3 is 0 Å². The standard InChI is InChI=1S/C27H44O/c1-18(2)7-6-8-19(3)23-11-12-24-22-10-9-20-17-21(28)13-15-26(20,4)25(22)14-16-27(23,24)5/h17-19,22-25H,6-16H2,1-5H3/t19?,22?,23-,24+,25+,26+,27-/m1/s1. The summed E-state index contributed by atoms with van der Waals surface area (Å²) in [7, 11) is 0. The molecule has 28 heavy (non-hydrogen) atoms. The van der Waals surface area contributed by atoms with E-state index in [0.29, 0.717) is 16.6 Å². The number of carbonyl (C=O) groups excluding carboxylic acids is 1. The van der Waals surface area contributed by atoms with Crippen LogP contribution in [0.3, 0.4) is 0 Å². The second kappa shape index (κ2) is 7.59. The van der Waals surface area contributed by atoms with Gasteiger partial charge in [0, 0.05) is 6.42 Å². The molecular weight excluding hydrogens is 340 g/mol. The van der Waals surface area contributed by atoms with E-state index in [1.165, 1.54) is 63.4 Å². The smallest absolute Gasteiger partial charge is 0.155 e. The van der Waals surface area contributed by atoms with Crippen LogP contribution in [0.5, 0.6) is 0 Å². The van der Waals surface area contributed by atoms with Crippen molar-refractivity contribution in [3.8, 4) is 0 Å². The topological polar surface area (TPSA) is 17.1 Å². The minimum atomic E-state index is 0.332. The van der Waals surface area contributed by atoms with Crippen LogP contribution in [-0.4, -0.2) is 5.78 Å². The maximum Gasteiger partial charge on any atom is 0.155 e. The first-order valence-electron chi connectivity index (χ1n) is 12.5. The van der Waals surface area contributed by atoms with Crippen LogP contribution in [0.4, 0.5) is 0 Å². The molecule has 4 aliphatic carbocycles. The van der Waals surface area contributed by atoms with Crippen molar-refractivity contribution < 1.29 is 4.79 Å². The highest BCUT2D eigenvalue weighted by atomic mass is 16.1. The zero-order valence-corrected chi connectivity index (χ0v) is 19.2. The fraction of sp³-hybridized carbons (Fsp3) is 0.889. The summed E-state index contributed by atoms with van der Waals surface area (Å²) >= 11 is 0. The summed E-state index contributed by atoms with van der Waals surface area (Å²) < 4.78 is 0. The Labute approximate surface area is 174 Å². The van der Waals surface area contributed by atoms with Crippen LogP contribution in [0.1, 0.15) is 105 Å². The molecule has 2 unspecified atom stereocenters. The lowest BCUT2D eigenvalue weighted by molar-refractivity contribution is -0.117. The van der Waals surface area contributed by atoms with Crippen molar-refractivity contribution in [2.24, 2.45) is 46.3 Å². The van der Waals surface area contributed by atoms with E-state index >= 15 is 0 Å². The molecular formula is C27H44O. The predicted octanol–water partition coefficient (Wildman–Crippen LogP) is 7.60. The summed E-state index contributed by atoms with van der Waals surface area (Å²) in [6.45, 7) is 12.5. The fourth-order valence-corrected chi connectivity index (χ4v) is 8.58. The Morgan fingerprint density at radius 1 is 0.964 bits per heavy atom. The van der Waals surface area contributed by atoms with Crippen LogP contribution in [-0.2, 0) is 4.79 Å². The van der Waals surface area contributed by atoms with Crippen LogP contribution in [0.2, 0.25) is 0 Å². The lowest BCUT2D eigenvalue weighted by Crippen LogP contribution is -2.50. The molecule has 0 heterocycles. The van der Waals surface area contributed by atoms with E-state index in [9.17, 15) is 4.79 Å². The Hall–Kier alpha value is -0.590. The summed E-state index contributed by atoms with van der Waals surface area (Å²) in [5.74, 6) is 5.79. The van der Waals surface area contributed by atoms with Crippen molar-refractivity contribution in [1.82, 2.24) is 0 Å². The average Bonchev–Trinajstić information content (AvgIpc) is 2.99. The Bertz CT molecular complexity index is 630. The first-order chi connectivity index (χ1) is 13.3. The maximum absolute atomic E-state index is 12.0. The molecule has 0 aromatic carbocycles. The van der Waals surface area contributed by atoms with E-state index in [2.05, 4.69) is 40.7 Å². The molecule has 0 spiro atoms. The van der Waals surface area contributed by atoms with Crippen LogP contribution < -0.4 is 0 Å². The summed E-state index contributed by atoms with van der Waals surface area (Å²) in [6.07, 6.45) is 16.6. The fourth-order valence-electron chi connectivity index (χ4n) is 8.58. The molecule has 0 radical (unpaired) electrons. The van der Waals surface area contributed by atoms with Crippen LogP contribution in [0, 0.1) is 46.3 Å². The lowest BCUT2D eigenvalue weighted by Gasteiger charge is -2.58. The molecule has 0 saturated heterocycles. The first-order valence-corrected chi connectivity index (χ1v) is 12.5. The number of hydrogen-bond acceptors (Lipinski definition) is 1. The molecule has 158 valence electrons. The summed E-state index contributed by atoms with van der Waals surface area (Å²) in [5, 5.41) is 0. The average molecular weight is 385 g/mol. The second-order valence-corrected chi connectivity index (χ2v) is 12.0. The third-order valence-corrected chi connectivity index (χ3v) is 10.2. The Morgan fingerprint density at radius 2 is 1.75 bits per heavy atom. The van der Waals surface area contributed by atoms with E-state index in [1.807, 2.05) is 0 Å². The normalized spacial score (nSPS) is 43.9. The van der Waals surface area contributed by atoms with E-state index < -0.39 is 0 Å². The largest absolute Gasteiger partial charge is 0.295 e. The highest BCUT2D eigenvalue weighted by Crippen LogP contribution is 2.67. The van der Waals surface area contributed by atoms with Gasteiger partial charge in [0.15, 0.2) is 5.78 Å². The van der Waals surface area contributed by atoms with Crippen LogP contribution in [0.15, 0.2) is 11.6 Å². The molecule has 3 saturated carbocycles. The first kappa shape index (κ1) is 20.7. The van der Waals surface area contributed by atoms with Gasteiger partial charge in [0.1, 0.15) is 0 Å². The molecule has 4 rings (SSSR count). The van der Waals surface area contributed by atoms with Crippen molar-refractivity contribution in [1.29, 1.82) is 0 Å². The van der Waals surface area contributed by atoms with Gasteiger partial charge in [-0.1, -0.05) is 59.5 Å². The Balaban J connectivity index is 1.49. The predicted molar refractivity (Wildman–Crippen MR) is 118 cm³/mol. The molecule has 0 bridgehead atoms. The zero-order chi connectivity index (χ0) is 20.1. The van der Waals surface area contributed by atoms with Crippen molar-refractivity contribution in [2.75, 3.05) is 0 Å². The highest BCUT2D eigenvalue weighted by molar-refractivity contribution is 5.91. The molecule has 1 nitrogen and oxygen atoms in total. The SMILES string of the molecule is CC(C)CCCC(C)[C@H]1CC[C@H]2C3CCC4=CC(=O)CC[C@]4(C)[C@H]3CC[C@]12C. The van der Waals surface area contributed by atoms with Crippen molar-refractivity contribution in [2.45, 2.75) is 105 Å². The summed E-state index contributed by atoms with van der Waals surface area (Å²) in [4.78, 5) is 12.0. The summed E-state index contributed by atoms with van der Waals surface area (Å²) in [6, 6.07) is 0. The van der Waals surface area contributed by atoms with E-state index in [4.69, 9.17) is 0 Å². The number of hydrogen-bond donors (Lipinski definition) is 0. The maximum atomic E-state index is 12.0. The molecule has 7 atom stereocenters. The number of fused-ring (bicyclic) bond motifs is 5. The number of ketones is 1. The van der Waals surface area contributed by atoms with Gasteiger partial charge in [-0.15, -0.1) is 0 Å². The third kappa shape index (κ3) is 3.33. The van der Waals surface area contributed by atoms with Crippen molar-refractivity contribution in [3.63, 3.8) is 0 Å². The summed E-state index contributed by atoms with van der Waals surface area (Å²) in [5.41, 5.74) is 2.43. The number of allylic oxidation sites excluding steroid dienone is 1. The molecule has 0 aliphatic heterocycles. The quantitative estimate of drug-likeness (QED) is 0.477. The third-order valence-electron chi connectivity index (χ3n) is 10.2. The van der Waals surface area contributed by atoms with Gasteiger partial charge in [-0.2, -0.15) is 0 Å². The van der Waals surface area contributed by atoms with E-state index in [-0.39, 0.29) is 0 Å². The van der Waals surface area contributed by atoms with Gasteiger partial charge in [0.25, 0.3) is 0 Å².